The van der Waals surface area contributed by atoms with Gasteiger partial charge in [0, 0.05) is 24.0 Å². The van der Waals surface area contributed by atoms with Crippen LogP contribution in [0.25, 0.3) is 10.2 Å². The Morgan fingerprint density at radius 2 is 2.07 bits per heavy atom. The number of carbonyl (C=O) groups excluding carboxylic acids is 1. The van der Waals surface area contributed by atoms with Crippen molar-refractivity contribution in [3.8, 4) is 0 Å². The lowest BCUT2D eigenvalue weighted by Gasteiger charge is -2.19. The SMILES string of the molecule is CCn1nccc1C(=O)N(Cc1ccccn1)c1nc2c(C)c(Cl)ccc2s1. The van der Waals surface area contributed by atoms with Crippen molar-refractivity contribution in [2.24, 2.45) is 0 Å². The van der Waals surface area contributed by atoms with E-state index in [0.29, 0.717) is 28.9 Å². The standard InChI is InChI=1S/C20H18ClN5OS/c1-3-26-16(9-11-23-26)19(27)25(12-14-6-4-5-10-22-14)20-24-18-13(2)15(21)7-8-17(18)28-20/h4-11H,3,12H2,1-2H3. The van der Waals surface area contributed by atoms with Crippen molar-refractivity contribution in [1.82, 2.24) is 19.7 Å². The minimum Gasteiger partial charge on any atom is -0.277 e. The third-order valence-corrected chi connectivity index (χ3v) is 5.95. The van der Waals surface area contributed by atoms with E-state index in [1.165, 1.54) is 11.3 Å². The van der Waals surface area contributed by atoms with E-state index in [9.17, 15) is 4.79 Å². The predicted octanol–water partition coefficient (Wildman–Crippen LogP) is 4.72. The molecule has 28 heavy (non-hydrogen) atoms. The predicted molar refractivity (Wildman–Crippen MR) is 112 cm³/mol. The number of aromatic nitrogens is 4. The quantitative estimate of drug-likeness (QED) is 0.476. The number of carbonyl (C=O) groups is 1. The summed E-state index contributed by atoms with van der Waals surface area (Å²) in [7, 11) is 0. The van der Waals surface area contributed by atoms with Gasteiger partial charge in [-0.15, -0.1) is 0 Å². The molecule has 0 saturated carbocycles. The maximum atomic E-state index is 13.4. The first kappa shape index (κ1) is 18.6. The van der Waals surface area contributed by atoms with Gasteiger partial charge in [-0.25, -0.2) is 4.98 Å². The number of benzene rings is 1. The Hall–Kier alpha value is -2.77. The summed E-state index contributed by atoms with van der Waals surface area (Å²) in [6, 6.07) is 11.2. The molecule has 4 rings (SSSR count). The van der Waals surface area contributed by atoms with Gasteiger partial charge in [0.2, 0.25) is 0 Å². The number of amides is 1. The first-order chi connectivity index (χ1) is 13.6. The van der Waals surface area contributed by atoms with Crippen molar-refractivity contribution in [2.45, 2.75) is 26.9 Å². The van der Waals surface area contributed by atoms with Crippen molar-refractivity contribution in [2.75, 3.05) is 4.90 Å². The summed E-state index contributed by atoms with van der Waals surface area (Å²) in [4.78, 5) is 24.2. The normalized spacial score (nSPS) is 11.1. The van der Waals surface area contributed by atoms with Gasteiger partial charge in [0.15, 0.2) is 5.13 Å². The molecule has 0 N–H and O–H groups in total. The Morgan fingerprint density at radius 1 is 1.21 bits per heavy atom. The van der Waals surface area contributed by atoms with Crippen LogP contribution >= 0.6 is 22.9 Å². The van der Waals surface area contributed by atoms with E-state index in [1.54, 1.807) is 28.0 Å². The van der Waals surface area contributed by atoms with Gasteiger partial charge in [-0.05, 0) is 49.7 Å². The molecule has 0 atom stereocenters. The third-order valence-electron chi connectivity index (χ3n) is 4.49. The minimum absolute atomic E-state index is 0.159. The smallest absolute Gasteiger partial charge is 0.277 e. The monoisotopic (exact) mass is 411 g/mol. The third kappa shape index (κ3) is 3.39. The van der Waals surface area contributed by atoms with Crippen molar-refractivity contribution >= 4 is 44.2 Å². The topological polar surface area (TPSA) is 63.9 Å². The number of nitrogens with zero attached hydrogens (tertiary/aromatic N) is 5. The van der Waals surface area contributed by atoms with Gasteiger partial charge in [0.05, 0.1) is 22.5 Å². The molecule has 142 valence electrons. The lowest BCUT2D eigenvalue weighted by Crippen LogP contribution is -2.32. The van der Waals surface area contributed by atoms with Crippen LogP contribution in [0.2, 0.25) is 5.02 Å². The molecule has 6 nitrogen and oxygen atoms in total. The van der Waals surface area contributed by atoms with Crippen molar-refractivity contribution in [3.63, 3.8) is 0 Å². The number of pyridine rings is 1. The van der Waals surface area contributed by atoms with Crippen LogP contribution in [0.4, 0.5) is 5.13 Å². The van der Waals surface area contributed by atoms with E-state index in [4.69, 9.17) is 16.6 Å². The Labute approximate surface area is 171 Å². The fourth-order valence-corrected chi connectivity index (χ4v) is 4.16. The largest absolute Gasteiger partial charge is 0.278 e. The van der Waals surface area contributed by atoms with Crippen LogP contribution in [-0.2, 0) is 13.1 Å². The molecule has 0 unspecified atom stereocenters. The van der Waals surface area contributed by atoms with Crippen molar-refractivity contribution in [1.29, 1.82) is 0 Å². The number of thiazole rings is 1. The lowest BCUT2D eigenvalue weighted by molar-refractivity contribution is 0.0974. The molecule has 1 amide bonds. The molecule has 1 aromatic carbocycles. The van der Waals surface area contributed by atoms with Gasteiger partial charge in [-0.1, -0.05) is 29.0 Å². The first-order valence-electron chi connectivity index (χ1n) is 8.87. The van der Waals surface area contributed by atoms with Gasteiger partial charge >= 0.3 is 0 Å². The molecule has 3 heterocycles. The zero-order chi connectivity index (χ0) is 19.7. The molecule has 0 fully saturated rings. The summed E-state index contributed by atoms with van der Waals surface area (Å²) in [5.41, 5.74) is 3.03. The summed E-state index contributed by atoms with van der Waals surface area (Å²) < 4.78 is 2.67. The minimum atomic E-state index is -0.159. The maximum absolute atomic E-state index is 13.4. The number of halogens is 1. The number of aryl methyl sites for hydroxylation is 2. The van der Waals surface area contributed by atoms with Crippen LogP contribution in [0.1, 0.15) is 28.7 Å². The highest BCUT2D eigenvalue weighted by Gasteiger charge is 2.25. The zero-order valence-corrected chi connectivity index (χ0v) is 17.0. The molecular formula is C20H18ClN5OS. The van der Waals surface area contributed by atoms with Crippen molar-refractivity contribution in [3.05, 3.63) is 70.8 Å². The molecule has 0 aliphatic carbocycles. The zero-order valence-electron chi connectivity index (χ0n) is 15.5. The summed E-state index contributed by atoms with van der Waals surface area (Å²) >= 11 is 7.72. The van der Waals surface area contributed by atoms with Gasteiger partial charge in [-0.3, -0.25) is 19.4 Å². The molecule has 0 spiro atoms. The average molecular weight is 412 g/mol. The second-order valence-electron chi connectivity index (χ2n) is 6.26. The highest BCUT2D eigenvalue weighted by Crippen LogP contribution is 2.34. The Morgan fingerprint density at radius 3 is 2.82 bits per heavy atom. The lowest BCUT2D eigenvalue weighted by atomic mass is 10.2. The van der Waals surface area contributed by atoms with Crippen molar-refractivity contribution < 1.29 is 4.79 Å². The van der Waals surface area contributed by atoms with E-state index in [2.05, 4.69) is 10.1 Å². The molecule has 0 saturated heterocycles. The Kier molecular flexibility index (Phi) is 5.11. The van der Waals surface area contributed by atoms with Gasteiger partial charge in [-0.2, -0.15) is 5.10 Å². The van der Waals surface area contributed by atoms with E-state index in [1.807, 2.05) is 44.2 Å². The number of hydrogen-bond donors (Lipinski definition) is 0. The van der Waals surface area contributed by atoms with Gasteiger partial charge in [0.25, 0.3) is 5.91 Å². The molecule has 0 aliphatic rings. The number of hydrogen-bond acceptors (Lipinski definition) is 5. The van der Waals surface area contributed by atoms with Crippen LogP contribution < -0.4 is 4.90 Å². The Balaban J connectivity index is 1.81. The van der Waals surface area contributed by atoms with E-state index >= 15 is 0 Å². The fourth-order valence-electron chi connectivity index (χ4n) is 2.99. The van der Waals surface area contributed by atoms with E-state index in [-0.39, 0.29) is 5.91 Å². The summed E-state index contributed by atoms with van der Waals surface area (Å²) in [5.74, 6) is -0.159. The second kappa shape index (κ2) is 7.69. The number of fused-ring (bicyclic) bond motifs is 1. The number of rotatable bonds is 5. The van der Waals surface area contributed by atoms with Crippen LogP contribution in [0, 0.1) is 6.92 Å². The van der Waals surface area contributed by atoms with Crippen LogP contribution in [0.3, 0.4) is 0 Å². The molecule has 0 bridgehead atoms. The summed E-state index contributed by atoms with van der Waals surface area (Å²) in [5, 5.41) is 5.50. The first-order valence-corrected chi connectivity index (χ1v) is 10.1. The molecule has 3 aromatic heterocycles. The van der Waals surface area contributed by atoms with Crippen LogP contribution in [0.5, 0.6) is 0 Å². The Bertz CT molecular complexity index is 1140. The van der Waals surface area contributed by atoms with Gasteiger partial charge in [0.1, 0.15) is 5.69 Å². The molecule has 8 heteroatoms. The van der Waals surface area contributed by atoms with Crippen LogP contribution in [0.15, 0.2) is 48.8 Å². The summed E-state index contributed by atoms with van der Waals surface area (Å²) in [6.07, 6.45) is 3.36. The molecule has 0 aliphatic heterocycles. The fraction of sp³-hybridized carbons (Fsp3) is 0.200. The highest BCUT2D eigenvalue weighted by molar-refractivity contribution is 7.22. The number of anilines is 1. The molecule has 4 aromatic rings. The van der Waals surface area contributed by atoms with E-state index in [0.717, 1.165) is 21.5 Å². The molecule has 0 radical (unpaired) electrons. The van der Waals surface area contributed by atoms with Crippen LogP contribution in [-0.4, -0.2) is 25.7 Å². The van der Waals surface area contributed by atoms with Gasteiger partial charge < -0.3 is 0 Å². The molecular weight excluding hydrogens is 394 g/mol. The highest BCUT2D eigenvalue weighted by atomic mass is 35.5. The van der Waals surface area contributed by atoms with E-state index < -0.39 is 0 Å². The average Bonchev–Trinajstić information content (AvgIpc) is 3.36. The second-order valence-corrected chi connectivity index (χ2v) is 7.68. The maximum Gasteiger partial charge on any atom is 0.278 e. The summed E-state index contributed by atoms with van der Waals surface area (Å²) in [6.45, 7) is 4.82.